The van der Waals surface area contributed by atoms with Crippen molar-refractivity contribution in [2.24, 2.45) is 5.10 Å². The Bertz CT molecular complexity index is 1110. The van der Waals surface area contributed by atoms with E-state index in [1.54, 1.807) is 54.6 Å². The summed E-state index contributed by atoms with van der Waals surface area (Å²) >= 11 is 0. The van der Waals surface area contributed by atoms with E-state index in [-0.39, 0.29) is 22.3 Å². The van der Waals surface area contributed by atoms with Gasteiger partial charge in [-0.15, -0.1) is 0 Å². The van der Waals surface area contributed by atoms with Crippen LogP contribution in [0.4, 0.5) is 0 Å². The monoisotopic (exact) mass is 410 g/mol. The Hall–Kier alpha value is -3.65. The number of carbonyl (C=O) groups is 1. The molecule has 1 amide bonds. The average molecular weight is 410 g/mol. The van der Waals surface area contributed by atoms with Gasteiger partial charge in [-0.3, -0.25) is 4.79 Å². The normalized spacial score (nSPS) is 11.2. The lowest BCUT2D eigenvalue weighted by atomic mass is 10.2. The van der Waals surface area contributed by atoms with Crippen LogP contribution in [-0.4, -0.2) is 27.6 Å². The van der Waals surface area contributed by atoms with Crippen molar-refractivity contribution in [3.05, 3.63) is 90.0 Å². The van der Waals surface area contributed by atoms with Gasteiger partial charge in [-0.2, -0.15) is 13.5 Å². The Balaban J connectivity index is 1.73. The third-order valence-electron chi connectivity index (χ3n) is 3.83. The molecule has 0 fully saturated rings. The van der Waals surface area contributed by atoms with Crippen molar-refractivity contribution in [3.8, 4) is 11.5 Å². The van der Waals surface area contributed by atoms with Crippen molar-refractivity contribution in [2.45, 2.75) is 4.90 Å². The Labute approximate surface area is 168 Å². The number of ether oxygens (including phenoxy) is 1. The molecule has 0 aliphatic carbocycles. The van der Waals surface area contributed by atoms with E-state index in [9.17, 15) is 13.2 Å². The smallest absolute Gasteiger partial charge is 0.339 e. The topological polar surface area (TPSA) is 94.1 Å². The van der Waals surface area contributed by atoms with Gasteiger partial charge in [0.1, 0.15) is 4.90 Å². The van der Waals surface area contributed by atoms with Gasteiger partial charge in [0.25, 0.3) is 5.91 Å². The third-order valence-corrected chi connectivity index (χ3v) is 5.08. The van der Waals surface area contributed by atoms with Gasteiger partial charge in [-0.1, -0.05) is 36.4 Å². The number of methoxy groups -OCH3 is 1. The van der Waals surface area contributed by atoms with Crippen LogP contribution in [0.3, 0.4) is 0 Å². The van der Waals surface area contributed by atoms with Crippen LogP contribution in [0.5, 0.6) is 11.5 Å². The molecule has 0 heterocycles. The van der Waals surface area contributed by atoms with Crippen LogP contribution in [0.25, 0.3) is 0 Å². The van der Waals surface area contributed by atoms with Crippen LogP contribution in [0.15, 0.2) is 88.9 Å². The first-order valence-corrected chi connectivity index (χ1v) is 9.96. The summed E-state index contributed by atoms with van der Waals surface area (Å²) in [7, 11) is -2.59. The van der Waals surface area contributed by atoms with Crippen molar-refractivity contribution in [3.63, 3.8) is 0 Å². The largest absolute Gasteiger partial charge is 0.493 e. The van der Waals surface area contributed by atoms with Crippen LogP contribution in [0.2, 0.25) is 0 Å². The molecule has 3 aromatic carbocycles. The first kappa shape index (κ1) is 20.1. The fourth-order valence-corrected chi connectivity index (χ4v) is 3.37. The number of nitrogens with zero attached hydrogens (tertiary/aromatic N) is 1. The molecular weight excluding hydrogens is 392 g/mol. The molecule has 7 nitrogen and oxygen atoms in total. The van der Waals surface area contributed by atoms with E-state index in [0.29, 0.717) is 11.1 Å². The first-order chi connectivity index (χ1) is 14.0. The highest BCUT2D eigenvalue weighted by Crippen LogP contribution is 2.30. The molecule has 0 saturated heterocycles. The van der Waals surface area contributed by atoms with Gasteiger partial charge in [0, 0.05) is 5.56 Å². The minimum Gasteiger partial charge on any atom is -0.493 e. The summed E-state index contributed by atoms with van der Waals surface area (Å²) in [5.41, 5.74) is 3.49. The van der Waals surface area contributed by atoms with Gasteiger partial charge in [-0.05, 0) is 48.0 Å². The highest BCUT2D eigenvalue weighted by molar-refractivity contribution is 7.87. The molecule has 3 rings (SSSR count). The zero-order valence-electron chi connectivity index (χ0n) is 15.5. The molecule has 0 aliphatic rings. The third kappa shape index (κ3) is 5.20. The molecule has 0 bridgehead atoms. The van der Waals surface area contributed by atoms with E-state index in [1.807, 2.05) is 6.07 Å². The summed E-state index contributed by atoms with van der Waals surface area (Å²) in [5.74, 6) is -0.0904. The summed E-state index contributed by atoms with van der Waals surface area (Å²) < 4.78 is 35.2. The van der Waals surface area contributed by atoms with Crippen LogP contribution >= 0.6 is 0 Å². The number of hydrazone groups is 1. The number of carbonyl (C=O) groups excluding carboxylic acids is 1. The van der Waals surface area contributed by atoms with E-state index >= 15 is 0 Å². The molecule has 0 aliphatic heterocycles. The van der Waals surface area contributed by atoms with Crippen molar-refractivity contribution in [1.29, 1.82) is 0 Å². The van der Waals surface area contributed by atoms with Gasteiger partial charge >= 0.3 is 10.1 Å². The molecule has 3 aromatic rings. The van der Waals surface area contributed by atoms with Crippen LogP contribution in [0.1, 0.15) is 15.9 Å². The SMILES string of the molecule is COc1cc(/C=N\NC(=O)c2ccccc2)ccc1OS(=O)(=O)c1ccccc1. The number of hydrogen-bond acceptors (Lipinski definition) is 6. The van der Waals surface area contributed by atoms with Crippen molar-refractivity contribution < 1.29 is 22.1 Å². The molecule has 8 heteroatoms. The minimum atomic E-state index is -3.99. The fraction of sp³-hybridized carbons (Fsp3) is 0.0476. The zero-order chi connectivity index (χ0) is 20.7. The minimum absolute atomic E-state index is 0.0383. The highest BCUT2D eigenvalue weighted by atomic mass is 32.2. The van der Waals surface area contributed by atoms with E-state index in [2.05, 4.69) is 10.5 Å². The standard InChI is InChI=1S/C21H18N2O5S/c1-27-20-14-16(15-22-23-21(24)17-8-4-2-5-9-17)12-13-19(20)28-29(25,26)18-10-6-3-7-11-18/h2-15H,1H3,(H,23,24)/b22-15-. The van der Waals surface area contributed by atoms with Crippen LogP contribution in [0, 0.1) is 0 Å². The molecule has 0 aromatic heterocycles. The second-order valence-corrected chi connectivity index (χ2v) is 7.37. The van der Waals surface area contributed by atoms with Gasteiger partial charge < -0.3 is 8.92 Å². The molecular formula is C21H18N2O5S. The molecule has 0 saturated carbocycles. The number of nitrogens with one attached hydrogen (secondary N) is 1. The van der Waals surface area contributed by atoms with Crippen LogP contribution < -0.4 is 14.3 Å². The quantitative estimate of drug-likeness (QED) is 0.367. The lowest BCUT2D eigenvalue weighted by Crippen LogP contribution is -2.17. The maximum atomic E-state index is 12.4. The number of amides is 1. The number of benzene rings is 3. The maximum absolute atomic E-state index is 12.4. The van der Waals surface area contributed by atoms with Gasteiger partial charge in [-0.25, -0.2) is 5.43 Å². The van der Waals surface area contributed by atoms with E-state index in [0.717, 1.165) is 0 Å². The number of hydrogen-bond donors (Lipinski definition) is 1. The van der Waals surface area contributed by atoms with Crippen molar-refractivity contribution in [2.75, 3.05) is 7.11 Å². The van der Waals surface area contributed by atoms with E-state index in [1.165, 1.54) is 31.5 Å². The molecule has 0 atom stereocenters. The molecule has 1 N–H and O–H groups in total. The van der Waals surface area contributed by atoms with Gasteiger partial charge in [0.15, 0.2) is 11.5 Å². The molecule has 29 heavy (non-hydrogen) atoms. The predicted molar refractivity (Wildman–Crippen MR) is 109 cm³/mol. The average Bonchev–Trinajstić information content (AvgIpc) is 2.75. The summed E-state index contributed by atoms with van der Waals surface area (Å²) in [4.78, 5) is 12.0. The van der Waals surface area contributed by atoms with E-state index in [4.69, 9.17) is 8.92 Å². The van der Waals surface area contributed by atoms with Crippen LogP contribution in [-0.2, 0) is 10.1 Å². The van der Waals surface area contributed by atoms with Crippen molar-refractivity contribution in [1.82, 2.24) is 5.43 Å². The summed E-state index contributed by atoms with van der Waals surface area (Å²) in [6.45, 7) is 0. The second kappa shape index (κ2) is 9.03. The maximum Gasteiger partial charge on any atom is 0.339 e. The molecule has 0 spiro atoms. The summed E-state index contributed by atoms with van der Waals surface area (Å²) in [6, 6.07) is 21.1. The second-order valence-electron chi connectivity index (χ2n) is 5.83. The highest BCUT2D eigenvalue weighted by Gasteiger charge is 2.18. The Kier molecular flexibility index (Phi) is 6.25. The molecule has 148 valence electrons. The Morgan fingerprint density at radius 3 is 2.24 bits per heavy atom. The Morgan fingerprint density at radius 1 is 0.931 bits per heavy atom. The Morgan fingerprint density at radius 2 is 1.59 bits per heavy atom. The molecule has 0 radical (unpaired) electrons. The van der Waals surface area contributed by atoms with Gasteiger partial charge in [0.2, 0.25) is 0 Å². The lowest BCUT2D eigenvalue weighted by Gasteiger charge is -2.11. The zero-order valence-corrected chi connectivity index (χ0v) is 16.3. The fourth-order valence-electron chi connectivity index (χ4n) is 2.41. The lowest BCUT2D eigenvalue weighted by molar-refractivity contribution is 0.0955. The van der Waals surface area contributed by atoms with Gasteiger partial charge in [0.05, 0.1) is 13.3 Å². The predicted octanol–water partition coefficient (Wildman–Crippen LogP) is 3.23. The summed E-state index contributed by atoms with van der Waals surface area (Å²) in [6.07, 6.45) is 1.42. The molecule has 0 unspecified atom stereocenters. The van der Waals surface area contributed by atoms with Crippen molar-refractivity contribution >= 4 is 22.2 Å². The summed E-state index contributed by atoms with van der Waals surface area (Å²) in [5, 5.41) is 3.91. The number of rotatable bonds is 7. The van der Waals surface area contributed by atoms with E-state index < -0.39 is 10.1 Å². The first-order valence-electron chi connectivity index (χ1n) is 8.55.